The average Bonchev–Trinajstić information content (AvgIpc) is 2.85. The van der Waals surface area contributed by atoms with Gasteiger partial charge in [0, 0.05) is 44.6 Å². The van der Waals surface area contributed by atoms with Gasteiger partial charge in [0.1, 0.15) is 5.82 Å². The first kappa shape index (κ1) is 20.0. The van der Waals surface area contributed by atoms with Crippen LogP contribution in [0.2, 0.25) is 0 Å². The van der Waals surface area contributed by atoms with Gasteiger partial charge in [0.15, 0.2) is 0 Å². The predicted molar refractivity (Wildman–Crippen MR) is 130 cm³/mol. The first-order valence-corrected chi connectivity index (χ1v) is 10.7. The highest BCUT2D eigenvalue weighted by Crippen LogP contribution is 2.37. The van der Waals surface area contributed by atoms with E-state index in [0.717, 1.165) is 58.1 Å². The van der Waals surface area contributed by atoms with E-state index in [1.165, 1.54) is 6.07 Å². The van der Waals surface area contributed by atoms with Crippen molar-refractivity contribution in [3.8, 4) is 22.4 Å². The minimum Gasteiger partial charge on any atom is -0.382 e. The maximum absolute atomic E-state index is 13.9. The third-order valence-electron chi connectivity index (χ3n) is 5.65. The molecule has 0 atom stereocenters. The number of hydrogen-bond donors (Lipinski definition) is 3. The summed E-state index contributed by atoms with van der Waals surface area (Å²) in [5.74, 6) is -0.213. The summed E-state index contributed by atoms with van der Waals surface area (Å²) in [6.45, 7) is 4.24. The second-order valence-electron chi connectivity index (χ2n) is 7.91. The maximum atomic E-state index is 13.9. The number of anilines is 3. The summed E-state index contributed by atoms with van der Waals surface area (Å²) in [6.07, 6.45) is 5.40. The van der Waals surface area contributed by atoms with Crippen LogP contribution in [0.5, 0.6) is 0 Å². The van der Waals surface area contributed by atoms with Gasteiger partial charge in [-0.2, -0.15) is 0 Å². The topological polar surface area (TPSA) is 61.9 Å². The number of fused-ring (bicyclic) bond motifs is 1. The van der Waals surface area contributed by atoms with E-state index in [1.807, 2.05) is 24.4 Å². The van der Waals surface area contributed by atoms with Gasteiger partial charge in [0.2, 0.25) is 0 Å². The molecule has 0 saturated carbocycles. The Bertz CT molecular complexity index is 1260. The fourth-order valence-electron chi connectivity index (χ4n) is 3.91. The summed E-state index contributed by atoms with van der Waals surface area (Å²) in [6, 6.07) is 17.6. The molecule has 32 heavy (non-hydrogen) atoms. The Balaban J connectivity index is 0.00000259. The SMILES string of the molecule is Cc1cc(-c2ncc(NCc3ccncc3)cc2-c2ccc3c(c2)NCCN3)ccc1F.[HH]. The van der Waals surface area contributed by atoms with Crippen LogP contribution in [0.1, 0.15) is 12.6 Å². The fourth-order valence-corrected chi connectivity index (χ4v) is 3.91. The summed E-state index contributed by atoms with van der Waals surface area (Å²) in [5, 5.41) is 10.3. The predicted octanol–water partition coefficient (Wildman–Crippen LogP) is 5.95. The molecule has 1 aliphatic heterocycles. The summed E-state index contributed by atoms with van der Waals surface area (Å²) in [4.78, 5) is 8.86. The van der Waals surface area contributed by atoms with E-state index in [2.05, 4.69) is 45.2 Å². The first-order valence-electron chi connectivity index (χ1n) is 10.7. The standard InChI is InChI=1S/C26H24FN5.H2/c1-17-12-20(2-4-23(17)27)26-22(19-3-5-24-25(13-19)30-11-10-29-24)14-21(16-32-26)31-15-18-6-8-28-9-7-18;/h2-9,12-14,16,29-31H,10-11,15H2,1H3;1H. The number of aromatic nitrogens is 2. The monoisotopic (exact) mass is 427 g/mol. The van der Waals surface area contributed by atoms with Gasteiger partial charge in [-0.25, -0.2) is 4.39 Å². The summed E-state index contributed by atoms with van der Waals surface area (Å²) in [5.41, 5.74) is 8.60. The van der Waals surface area contributed by atoms with E-state index < -0.39 is 0 Å². The van der Waals surface area contributed by atoms with Gasteiger partial charge in [-0.05, 0) is 72.1 Å². The molecule has 2 aromatic carbocycles. The third kappa shape index (κ3) is 4.12. The van der Waals surface area contributed by atoms with Crippen molar-refractivity contribution in [1.29, 1.82) is 0 Å². The molecule has 0 saturated heterocycles. The van der Waals surface area contributed by atoms with Crippen LogP contribution in [0.4, 0.5) is 21.5 Å². The van der Waals surface area contributed by atoms with Gasteiger partial charge in [0.25, 0.3) is 0 Å². The minimum absolute atomic E-state index is 0. The van der Waals surface area contributed by atoms with Crippen LogP contribution in [-0.2, 0) is 6.54 Å². The largest absolute Gasteiger partial charge is 0.382 e. The van der Waals surface area contributed by atoms with Gasteiger partial charge in [-0.1, -0.05) is 6.07 Å². The number of hydrogen-bond acceptors (Lipinski definition) is 5. The summed E-state index contributed by atoms with van der Waals surface area (Å²) in [7, 11) is 0. The molecule has 0 spiro atoms. The van der Waals surface area contributed by atoms with Crippen molar-refractivity contribution < 1.29 is 5.82 Å². The van der Waals surface area contributed by atoms with Gasteiger partial charge < -0.3 is 16.0 Å². The van der Waals surface area contributed by atoms with E-state index >= 15 is 0 Å². The molecular formula is C26H26FN5. The minimum atomic E-state index is -0.213. The zero-order valence-electron chi connectivity index (χ0n) is 17.8. The van der Waals surface area contributed by atoms with E-state index in [9.17, 15) is 4.39 Å². The molecular weight excluding hydrogens is 401 g/mol. The van der Waals surface area contributed by atoms with Crippen LogP contribution in [0.15, 0.2) is 73.2 Å². The Labute approximate surface area is 188 Å². The van der Waals surface area contributed by atoms with Crippen LogP contribution in [0.25, 0.3) is 22.4 Å². The maximum Gasteiger partial charge on any atom is 0.126 e. The smallest absolute Gasteiger partial charge is 0.126 e. The Kier molecular flexibility index (Phi) is 5.42. The molecule has 4 aromatic rings. The first-order chi connectivity index (χ1) is 15.7. The fraction of sp³-hybridized carbons (Fsp3) is 0.154. The van der Waals surface area contributed by atoms with Gasteiger partial charge >= 0.3 is 0 Å². The molecule has 0 aliphatic carbocycles. The van der Waals surface area contributed by atoms with Crippen LogP contribution >= 0.6 is 0 Å². The van der Waals surface area contributed by atoms with Gasteiger partial charge in [-0.3, -0.25) is 9.97 Å². The number of nitrogens with one attached hydrogen (secondary N) is 3. The second kappa shape index (κ2) is 8.67. The molecule has 0 amide bonds. The highest BCUT2D eigenvalue weighted by molar-refractivity contribution is 5.87. The normalized spacial score (nSPS) is 12.4. The number of benzene rings is 2. The van der Waals surface area contributed by atoms with Crippen LogP contribution < -0.4 is 16.0 Å². The third-order valence-corrected chi connectivity index (χ3v) is 5.65. The molecule has 5 nitrogen and oxygen atoms in total. The lowest BCUT2D eigenvalue weighted by atomic mass is 9.97. The number of pyridine rings is 2. The zero-order chi connectivity index (χ0) is 21.9. The Morgan fingerprint density at radius 2 is 1.72 bits per heavy atom. The van der Waals surface area contributed by atoms with E-state index in [-0.39, 0.29) is 7.24 Å². The zero-order valence-corrected chi connectivity index (χ0v) is 17.8. The van der Waals surface area contributed by atoms with Gasteiger partial charge in [-0.15, -0.1) is 0 Å². The molecule has 0 unspecified atom stereocenters. The van der Waals surface area contributed by atoms with Crippen LogP contribution in [0, 0.1) is 12.7 Å². The lowest BCUT2D eigenvalue weighted by molar-refractivity contribution is 0.619. The molecule has 0 radical (unpaired) electrons. The number of aryl methyl sites for hydroxylation is 1. The van der Waals surface area contributed by atoms with Crippen molar-refractivity contribution in [3.05, 3.63) is 90.1 Å². The van der Waals surface area contributed by atoms with E-state index in [0.29, 0.717) is 12.1 Å². The average molecular weight is 428 g/mol. The molecule has 1 aliphatic rings. The van der Waals surface area contributed by atoms with Crippen molar-refractivity contribution in [1.82, 2.24) is 9.97 Å². The number of rotatable bonds is 5. The molecule has 3 N–H and O–H groups in total. The summed E-state index contributed by atoms with van der Waals surface area (Å²) < 4.78 is 13.9. The number of nitrogens with zero attached hydrogens (tertiary/aromatic N) is 2. The number of halogens is 1. The highest BCUT2D eigenvalue weighted by atomic mass is 19.1. The van der Waals surface area contributed by atoms with Crippen molar-refractivity contribution in [2.75, 3.05) is 29.0 Å². The quantitative estimate of drug-likeness (QED) is 0.367. The summed E-state index contributed by atoms with van der Waals surface area (Å²) >= 11 is 0. The lowest BCUT2D eigenvalue weighted by Crippen LogP contribution is -2.20. The Morgan fingerprint density at radius 3 is 2.53 bits per heavy atom. The van der Waals surface area contributed by atoms with E-state index in [1.54, 1.807) is 25.4 Å². The molecule has 162 valence electrons. The van der Waals surface area contributed by atoms with Crippen molar-refractivity contribution in [2.24, 2.45) is 0 Å². The molecule has 3 heterocycles. The van der Waals surface area contributed by atoms with E-state index in [4.69, 9.17) is 4.98 Å². The van der Waals surface area contributed by atoms with Crippen LogP contribution in [0.3, 0.4) is 0 Å². The molecule has 6 heteroatoms. The lowest BCUT2D eigenvalue weighted by Gasteiger charge is -2.21. The second-order valence-corrected chi connectivity index (χ2v) is 7.91. The molecule has 0 bridgehead atoms. The molecule has 5 rings (SSSR count). The van der Waals surface area contributed by atoms with Gasteiger partial charge in [0.05, 0.1) is 29.0 Å². The highest BCUT2D eigenvalue weighted by Gasteiger charge is 2.15. The van der Waals surface area contributed by atoms with Crippen molar-refractivity contribution in [2.45, 2.75) is 13.5 Å². The van der Waals surface area contributed by atoms with Crippen molar-refractivity contribution in [3.63, 3.8) is 0 Å². The molecule has 2 aromatic heterocycles. The van der Waals surface area contributed by atoms with Crippen LogP contribution in [-0.4, -0.2) is 23.1 Å². The Hall–Kier alpha value is -3.93. The Morgan fingerprint density at radius 1 is 0.938 bits per heavy atom. The van der Waals surface area contributed by atoms with Crippen molar-refractivity contribution >= 4 is 17.1 Å². The molecule has 0 fully saturated rings.